The van der Waals surface area contributed by atoms with E-state index in [-0.39, 0.29) is 36.6 Å². The van der Waals surface area contributed by atoms with E-state index in [4.69, 9.17) is 5.73 Å². The Balaban J connectivity index is 0.00000225. The number of nitrogens with two attached hydrogens (primary N) is 1. The molecule has 1 aromatic carbocycles. The van der Waals surface area contributed by atoms with Crippen molar-refractivity contribution in [3.8, 4) is 0 Å². The summed E-state index contributed by atoms with van der Waals surface area (Å²) in [5.74, 6) is 1.08. The molecular formula is C22H36Cl2N4O2. The maximum Gasteiger partial charge on any atom is 0.234 e. The molecule has 1 aliphatic carbocycles. The van der Waals surface area contributed by atoms with Crippen LogP contribution in [-0.2, 0) is 16.0 Å². The van der Waals surface area contributed by atoms with Crippen molar-refractivity contribution >= 4 is 42.3 Å². The van der Waals surface area contributed by atoms with Crippen LogP contribution in [-0.4, -0.2) is 60.4 Å². The summed E-state index contributed by atoms with van der Waals surface area (Å²) in [5.41, 5.74) is 7.73. The average molecular weight is 459 g/mol. The minimum absolute atomic E-state index is 0. The second-order valence-electron chi connectivity index (χ2n) is 8.38. The molecule has 0 unspecified atom stereocenters. The smallest absolute Gasteiger partial charge is 0.234 e. The lowest BCUT2D eigenvalue weighted by atomic mass is 9.87. The first-order chi connectivity index (χ1) is 13.5. The van der Waals surface area contributed by atoms with E-state index >= 15 is 0 Å². The highest BCUT2D eigenvalue weighted by molar-refractivity contribution is 5.85. The topological polar surface area (TPSA) is 78.7 Å². The minimum atomic E-state index is 0. The Hall–Kier alpha value is -1.50. The van der Waals surface area contributed by atoms with Crippen LogP contribution in [0.15, 0.2) is 24.3 Å². The fourth-order valence-electron chi connectivity index (χ4n) is 4.20. The number of halogens is 2. The van der Waals surface area contributed by atoms with Gasteiger partial charge in [-0.15, -0.1) is 24.8 Å². The van der Waals surface area contributed by atoms with E-state index < -0.39 is 0 Å². The summed E-state index contributed by atoms with van der Waals surface area (Å²) in [6.07, 6.45) is 5.77. The normalized spacial score (nSPS) is 21.8. The highest BCUT2D eigenvalue weighted by Gasteiger charge is 2.24. The minimum Gasteiger partial charge on any atom is -0.399 e. The first-order valence-corrected chi connectivity index (χ1v) is 10.6. The number of carbonyl (C=O) groups is 2. The van der Waals surface area contributed by atoms with E-state index in [0.29, 0.717) is 38.5 Å². The first-order valence-electron chi connectivity index (χ1n) is 10.6. The van der Waals surface area contributed by atoms with Crippen molar-refractivity contribution in [2.75, 3.05) is 38.5 Å². The summed E-state index contributed by atoms with van der Waals surface area (Å²) in [4.78, 5) is 28.9. The molecular weight excluding hydrogens is 423 g/mol. The molecule has 0 aromatic heterocycles. The van der Waals surface area contributed by atoms with Crippen LogP contribution in [0.1, 0.15) is 44.6 Å². The van der Waals surface area contributed by atoms with Crippen molar-refractivity contribution in [3.63, 3.8) is 0 Å². The highest BCUT2D eigenvalue weighted by atomic mass is 35.5. The summed E-state index contributed by atoms with van der Waals surface area (Å²) < 4.78 is 0. The van der Waals surface area contributed by atoms with Gasteiger partial charge in [-0.3, -0.25) is 14.5 Å². The number of nitrogen functional groups attached to an aromatic ring is 1. The molecule has 2 aliphatic rings. The molecule has 1 heterocycles. The van der Waals surface area contributed by atoms with Gasteiger partial charge >= 0.3 is 0 Å². The number of benzene rings is 1. The quantitative estimate of drug-likeness (QED) is 0.642. The Kier molecular flexibility index (Phi) is 11.5. The molecule has 0 bridgehead atoms. The fourth-order valence-corrected chi connectivity index (χ4v) is 4.20. The third-order valence-corrected chi connectivity index (χ3v) is 6.14. The molecule has 8 heteroatoms. The maximum absolute atomic E-state index is 12.5. The Labute approximate surface area is 192 Å². The fraction of sp³-hybridized carbons (Fsp3) is 0.636. The van der Waals surface area contributed by atoms with Crippen molar-refractivity contribution in [3.05, 3.63) is 29.8 Å². The predicted molar refractivity (Wildman–Crippen MR) is 126 cm³/mol. The van der Waals surface area contributed by atoms with Crippen molar-refractivity contribution in [1.29, 1.82) is 0 Å². The summed E-state index contributed by atoms with van der Waals surface area (Å²) in [5, 5.41) is 3.19. The van der Waals surface area contributed by atoms with E-state index in [1.54, 1.807) is 0 Å². The summed E-state index contributed by atoms with van der Waals surface area (Å²) in [6.45, 7) is 5.62. The SMILES string of the molecule is CC1CCC(NC(=O)CN2CCN(C(=O)CCc3ccccc3N)CC2)CC1.Cl.Cl. The van der Waals surface area contributed by atoms with Gasteiger partial charge in [0.15, 0.2) is 0 Å². The number of hydrogen-bond acceptors (Lipinski definition) is 4. The van der Waals surface area contributed by atoms with Crippen LogP contribution in [0.4, 0.5) is 5.69 Å². The molecule has 2 amide bonds. The molecule has 1 aliphatic heterocycles. The zero-order valence-corrected chi connectivity index (χ0v) is 19.5. The Morgan fingerprint density at radius 1 is 1.03 bits per heavy atom. The monoisotopic (exact) mass is 458 g/mol. The third-order valence-electron chi connectivity index (χ3n) is 6.14. The van der Waals surface area contributed by atoms with Crippen molar-refractivity contribution in [2.45, 2.75) is 51.5 Å². The van der Waals surface area contributed by atoms with Crippen LogP contribution in [0.5, 0.6) is 0 Å². The number of anilines is 1. The molecule has 0 atom stereocenters. The van der Waals surface area contributed by atoms with Gasteiger partial charge in [-0.25, -0.2) is 0 Å². The van der Waals surface area contributed by atoms with Gasteiger partial charge < -0.3 is 16.0 Å². The zero-order valence-electron chi connectivity index (χ0n) is 17.8. The van der Waals surface area contributed by atoms with Gasteiger partial charge in [0.2, 0.25) is 11.8 Å². The number of nitrogens with zero attached hydrogens (tertiary/aromatic N) is 2. The maximum atomic E-state index is 12.5. The summed E-state index contributed by atoms with van der Waals surface area (Å²) >= 11 is 0. The molecule has 3 N–H and O–H groups in total. The molecule has 30 heavy (non-hydrogen) atoms. The lowest BCUT2D eigenvalue weighted by molar-refractivity contribution is -0.133. The highest BCUT2D eigenvalue weighted by Crippen LogP contribution is 2.23. The second kappa shape index (κ2) is 13.0. The molecule has 2 fully saturated rings. The number of aryl methyl sites for hydroxylation is 1. The van der Waals surface area contributed by atoms with E-state index in [0.717, 1.165) is 43.1 Å². The largest absolute Gasteiger partial charge is 0.399 e. The zero-order chi connectivity index (χ0) is 19.9. The number of amides is 2. The molecule has 1 saturated heterocycles. The Morgan fingerprint density at radius 2 is 1.67 bits per heavy atom. The van der Waals surface area contributed by atoms with Gasteiger partial charge in [-0.2, -0.15) is 0 Å². The van der Waals surface area contributed by atoms with Crippen LogP contribution in [0.2, 0.25) is 0 Å². The number of rotatable bonds is 6. The van der Waals surface area contributed by atoms with Gasteiger partial charge in [-0.05, 0) is 49.7 Å². The van der Waals surface area contributed by atoms with Gasteiger partial charge in [0, 0.05) is 44.3 Å². The molecule has 170 valence electrons. The molecule has 1 aromatic rings. The second-order valence-corrected chi connectivity index (χ2v) is 8.38. The van der Waals surface area contributed by atoms with E-state index in [2.05, 4.69) is 17.1 Å². The van der Waals surface area contributed by atoms with E-state index in [1.165, 1.54) is 12.8 Å². The standard InChI is InChI=1S/C22H34N4O2.2ClH/c1-17-6-9-19(10-7-17)24-21(27)16-25-12-14-26(15-13-25)22(28)11-8-18-4-2-3-5-20(18)23;;/h2-5,17,19H,6-16,23H2,1H3,(H,24,27);2*1H. The number of piperazine rings is 1. The summed E-state index contributed by atoms with van der Waals surface area (Å²) in [6, 6.07) is 8.06. The number of para-hydroxylation sites is 1. The van der Waals surface area contributed by atoms with Crippen molar-refractivity contribution in [2.24, 2.45) is 5.92 Å². The molecule has 6 nitrogen and oxygen atoms in total. The lowest BCUT2D eigenvalue weighted by Gasteiger charge is -2.35. The Bertz CT molecular complexity index is 673. The van der Waals surface area contributed by atoms with Crippen LogP contribution < -0.4 is 11.1 Å². The first kappa shape index (κ1) is 26.5. The molecule has 1 saturated carbocycles. The van der Waals surface area contributed by atoms with Crippen LogP contribution in [0.3, 0.4) is 0 Å². The van der Waals surface area contributed by atoms with Crippen LogP contribution >= 0.6 is 24.8 Å². The van der Waals surface area contributed by atoms with Gasteiger partial charge in [0.05, 0.1) is 6.54 Å². The molecule has 3 rings (SSSR count). The predicted octanol–water partition coefficient (Wildman–Crippen LogP) is 2.88. The lowest BCUT2D eigenvalue weighted by Crippen LogP contribution is -2.52. The summed E-state index contributed by atoms with van der Waals surface area (Å²) in [7, 11) is 0. The van der Waals surface area contributed by atoms with E-state index in [9.17, 15) is 9.59 Å². The van der Waals surface area contributed by atoms with E-state index in [1.807, 2.05) is 29.2 Å². The molecule has 0 spiro atoms. The number of hydrogen-bond donors (Lipinski definition) is 2. The third kappa shape index (κ3) is 7.97. The van der Waals surface area contributed by atoms with Gasteiger partial charge in [0.25, 0.3) is 0 Å². The Morgan fingerprint density at radius 3 is 2.30 bits per heavy atom. The van der Waals surface area contributed by atoms with Crippen molar-refractivity contribution in [1.82, 2.24) is 15.1 Å². The van der Waals surface area contributed by atoms with Crippen LogP contribution in [0.25, 0.3) is 0 Å². The number of nitrogens with one attached hydrogen (secondary N) is 1. The molecule has 0 radical (unpaired) electrons. The van der Waals surface area contributed by atoms with Gasteiger partial charge in [0.1, 0.15) is 0 Å². The number of carbonyl (C=O) groups excluding carboxylic acids is 2. The average Bonchev–Trinajstić information content (AvgIpc) is 2.69. The van der Waals surface area contributed by atoms with Crippen LogP contribution in [0, 0.1) is 5.92 Å². The van der Waals surface area contributed by atoms with Crippen molar-refractivity contribution < 1.29 is 9.59 Å². The van der Waals surface area contributed by atoms with Gasteiger partial charge in [-0.1, -0.05) is 25.1 Å².